The highest BCUT2D eigenvalue weighted by molar-refractivity contribution is 6.30. The van der Waals surface area contributed by atoms with E-state index in [1.165, 1.54) is 11.1 Å². The van der Waals surface area contributed by atoms with Gasteiger partial charge in [0, 0.05) is 35.0 Å². The molecular formula is C26H25ClN2O3. The predicted octanol–water partition coefficient (Wildman–Crippen LogP) is 5.10. The predicted molar refractivity (Wildman–Crippen MR) is 121 cm³/mol. The summed E-state index contributed by atoms with van der Waals surface area (Å²) in [5.74, 6) is 0.650. The molecule has 32 heavy (non-hydrogen) atoms. The lowest BCUT2D eigenvalue weighted by molar-refractivity contribution is -0.163. The van der Waals surface area contributed by atoms with Crippen molar-refractivity contribution in [3.63, 3.8) is 0 Å². The number of Topliss-reactive ketones (excluding diaryl/α,β-unsaturated/α-hetero) is 1. The first-order valence-corrected chi connectivity index (χ1v) is 11.5. The second-order valence-electron chi connectivity index (χ2n) is 10.0. The molecule has 0 unspecified atom stereocenters. The van der Waals surface area contributed by atoms with E-state index in [-0.39, 0.29) is 23.0 Å². The van der Waals surface area contributed by atoms with Crippen molar-refractivity contribution < 1.29 is 14.6 Å². The fourth-order valence-corrected chi connectivity index (χ4v) is 6.21. The number of aliphatic hydroxyl groups is 1. The van der Waals surface area contributed by atoms with Crippen LogP contribution in [-0.2, 0) is 10.2 Å². The monoisotopic (exact) mass is 448 g/mol. The summed E-state index contributed by atoms with van der Waals surface area (Å²) in [6.07, 6.45) is 6.67. The molecule has 0 spiro atoms. The summed E-state index contributed by atoms with van der Waals surface area (Å²) >= 11 is 6.03. The largest absolute Gasteiger partial charge is 0.482 e. The zero-order valence-electron chi connectivity index (χ0n) is 17.9. The fraction of sp³-hybridized carbons (Fsp3) is 0.385. The standard InChI is InChI=1S/C26H25ClN2O3/c1-16-2-5-19(6-3-16)29-12-17(11-28-29)26-13-25(14-26,15-26)10-22(31)24-9-21(30)20-8-18(27)4-7-23(20)32-24/h2-8,11-12,21,24,30H,9-10,13-15H2,1H3/t21-,24-,25?,26?/m1/s1. The normalized spacial score (nSPS) is 30.0. The lowest BCUT2D eigenvalue weighted by Crippen LogP contribution is -2.65. The molecule has 6 heteroatoms. The Morgan fingerprint density at radius 1 is 1.22 bits per heavy atom. The summed E-state index contributed by atoms with van der Waals surface area (Å²) in [6, 6.07) is 13.5. The molecule has 0 radical (unpaired) electrons. The zero-order valence-corrected chi connectivity index (χ0v) is 18.7. The Bertz CT molecular complexity index is 1200. The molecule has 5 nitrogen and oxygen atoms in total. The van der Waals surface area contributed by atoms with Crippen LogP contribution in [0.1, 0.15) is 54.9 Å². The number of benzene rings is 2. The third-order valence-electron chi connectivity index (χ3n) is 7.58. The Balaban J connectivity index is 1.10. The van der Waals surface area contributed by atoms with E-state index in [1.54, 1.807) is 18.2 Å². The van der Waals surface area contributed by atoms with E-state index in [9.17, 15) is 9.90 Å². The number of carbonyl (C=O) groups is 1. The minimum absolute atomic E-state index is 0.0810. The number of aromatic nitrogens is 2. The second kappa shape index (κ2) is 6.93. The van der Waals surface area contributed by atoms with Gasteiger partial charge in [-0.15, -0.1) is 0 Å². The molecule has 3 fully saturated rings. The molecule has 3 saturated carbocycles. The van der Waals surface area contributed by atoms with Gasteiger partial charge in [-0.05, 0) is 67.5 Å². The van der Waals surface area contributed by atoms with Crippen LogP contribution < -0.4 is 4.74 Å². The number of carbonyl (C=O) groups excluding carboxylic acids is 1. The molecule has 4 aliphatic rings. The van der Waals surface area contributed by atoms with E-state index < -0.39 is 12.2 Å². The number of rotatable bonds is 5. The number of aliphatic hydroxyl groups excluding tert-OH is 1. The summed E-state index contributed by atoms with van der Waals surface area (Å²) in [7, 11) is 0. The van der Waals surface area contributed by atoms with Gasteiger partial charge in [-0.3, -0.25) is 4.79 Å². The summed E-state index contributed by atoms with van der Waals surface area (Å²) in [5, 5.41) is 15.6. The molecule has 7 rings (SSSR count). The van der Waals surface area contributed by atoms with E-state index >= 15 is 0 Å². The molecule has 2 aromatic carbocycles. The quantitative estimate of drug-likeness (QED) is 0.589. The molecule has 3 aromatic rings. The molecule has 1 aromatic heterocycles. The minimum atomic E-state index is -0.724. The maximum absolute atomic E-state index is 13.0. The van der Waals surface area contributed by atoms with Gasteiger partial charge in [0.1, 0.15) is 5.75 Å². The van der Waals surface area contributed by atoms with Crippen LogP contribution in [0.2, 0.25) is 5.02 Å². The van der Waals surface area contributed by atoms with Gasteiger partial charge in [-0.1, -0.05) is 29.3 Å². The molecule has 2 heterocycles. The van der Waals surface area contributed by atoms with Gasteiger partial charge in [-0.25, -0.2) is 4.68 Å². The second-order valence-corrected chi connectivity index (χ2v) is 10.4. The number of hydrogen-bond donors (Lipinski definition) is 1. The van der Waals surface area contributed by atoms with Crippen LogP contribution in [0.15, 0.2) is 54.9 Å². The Morgan fingerprint density at radius 2 is 1.97 bits per heavy atom. The van der Waals surface area contributed by atoms with E-state index in [0.29, 0.717) is 22.8 Å². The van der Waals surface area contributed by atoms with Crippen LogP contribution >= 0.6 is 11.6 Å². The van der Waals surface area contributed by atoms with Gasteiger partial charge in [-0.2, -0.15) is 5.10 Å². The lowest BCUT2D eigenvalue weighted by Gasteiger charge is -2.71. The summed E-state index contributed by atoms with van der Waals surface area (Å²) in [4.78, 5) is 13.0. The number of nitrogens with zero attached hydrogens (tertiary/aromatic N) is 2. The summed E-state index contributed by atoms with van der Waals surface area (Å²) < 4.78 is 7.88. The molecule has 2 atom stereocenters. The number of aryl methyl sites for hydroxylation is 1. The Labute approximate surface area is 192 Å². The Hall–Kier alpha value is -2.63. The molecule has 1 aliphatic heterocycles. The van der Waals surface area contributed by atoms with Gasteiger partial charge in [0.2, 0.25) is 0 Å². The van der Waals surface area contributed by atoms with Gasteiger partial charge in [0.25, 0.3) is 0 Å². The van der Waals surface area contributed by atoms with E-state index in [0.717, 1.165) is 24.9 Å². The van der Waals surface area contributed by atoms with Crippen molar-refractivity contribution in [2.75, 3.05) is 0 Å². The summed E-state index contributed by atoms with van der Waals surface area (Å²) in [5.41, 5.74) is 4.47. The molecule has 0 saturated heterocycles. The van der Waals surface area contributed by atoms with E-state index in [1.807, 2.05) is 10.9 Å². The first kappa shape index (κ1) is 20.0. The zero-order chi connectivity index (χ0) is 22.1. The third kappa shape index (κ3) is 3.10. The van der Waals surface area contributed by atoms with Crippen molar-refractivity contribution in [3.8, 4) is 11.4 Å². The highest BCUT2D eigenvalue weighted by atomic mass is 35.5. The molecule has 164 valence electrons. The van der Waals surface area contributed by atoms with Crippen LogP contribution in [0.25, 0.3) is 5.69 Å². The van der Waals surface area contributed by atoms with Crippen molar-refractivity contribution in [3.05, 3.63) is 76.6 Å². The smallest absolute Gasteiger partial charge is 0.173 e. The number of ketones is 1. The molecule has 2 bridgehead atoms. The molecule has 3 aliphatic carbocycles. The minimum Gasteiger partial charge on any atom is -0.482 e. The number of fused-ring (bicyclic) bond motifs is 1. The Kier molecular flexibility index (Phi) is 4.33. The maximum Gasteiger partial charge on any atom is 0.173 e. The van der Waals surface area contributed by atoms with Crippen LogP contribution in [0, 0.1) is 12.3 Å². The first-order valence-electron chi connectivity index (χ1n) is 11.1. The van der Waals surface area contributed by atoms with Gasteiger partial charge >= 0.3 is 0 Å². The molecule has 1 N–H and O–H groups in total. The van der Waals surface area contributed by atoms with E-state index in [2.05, 4.69) is 42.5 Å². The van der Waals surface area contributed by atoms with Crippen molar-refractivity contribution in [2.24, 2.45) is 5.41 Å². The molecular weight excluding hydrogens is 424 g/mol. The highest BCUT2D eigenvalue weighted by Gasteiger charge is 2.69. The van der Waals surface area contributed by atoms with Gasteiger partial charge in [0.15, 0.2) is 11.9 Å². The molecule has 0 amide bonds. The number of ether oxygens (including phenoxy) is 1. The van der Waals surface area contributed by atoms with Crippen molar-refractivity contribution in [1.82, 2.24) is 9.78 Å². The number of halogens is 1. The van der Waals surface area contributed by atoms with Gasteiger partial charge in [0.05, 0.1) is 18.0 Å². The third-order valence-corrected chi connectivity index (χ3v) is 7.81. The van der Waals surface area contributed by atoms with Crippen molar-refractivity contribution >= 4 is 17.4 Å². The van der Waals surface area contributed by atoms with Crippen LogP contribution in [0.3, 0.4) is 0 Å². The number of hydrogen-bond acceptors (Lipinski definition) is 4. The van der Waals surface area contributed by atoms with Crippen molar-refractivity contribution in [2.45, 2.75) is 56.7 Å². The first-order chi connectivity index (χ1) is 15.3. The maximum atomic E-state index is 13.0. The topological polar surface area (TPSA) is 64.4 Å². The van der Waals surface area contributed by atoms with Crippen LogP contribution in [0.5, 0.6) is 5.75 Å². The van der Waals surface area contributed by atoms with Crippen LogP contribution in [-0.4, -0.2) is 26.8 Å². The van der Waals surface area contributed by atoms with E-state index in [4.69, 9.17) is 16.3 Å². The van der Waals surface area contributed by atoms with Crippen molar-refractivity contribution in [1.29, 1.82) is 0 Å². The highest BCUT2D eigenvalue weighted by Crippen LogP contribution is 2.75. The SMILES string of the molecule is Cc1ccc(-n2cc(C34CC(CC(=O)[C@H]5C[C@@H](O)c6cc(Cl)ccc6O5)(C3)C4)cn2)cc1. The average Bonchev–Trinajstić information content (AvgIpc) is 3.20. The fourth-order valence-electron chi connectivity index (χ4n) is 6.03. The Morgan fingerprint density at radius 3 is 2.72 bits per heavy atom. The van der Waals surface area contributed by atoms with Crippen LogP contribution in [0.4, 0.5) is 0 Å². The lowest BCUT2D eigenvalue weighted by atomic mass is 9.32. The van der Waals surface area contributed by atoms with Gasteiger partial charge < -0.3 is 9.84 Å². The summed E-state index contributed by atoms with van der Waals surface area (Å²) in [6.45, 7) is 2.08. The average molecular weight is 449 g/mol.